The number of hydrogen-bond donors (Lipinski definition) is 1. The smallest absolute Gasteiger partial charge is 0.235 e. The average Bonchev–Trinajstić information content (AvgIpc) is 3.43. The van der Waals surface area contributed by atoms with Crippen molar-refractivity contribution in [2.24, 2.45) is 11.3 Å². The van der Waals surface area contributed by atoms with Crippen LogP contribution in [0.2, 0.25) is 5.02 Å². The quantitative estimate of drug-likeness (QED) is 0.207. The van der Waals surface area contributed by atoms with E-state index in [0.29, 0.717) is 26.5 Å². The molecule has 1 atom stereocenters. The van der Waals surface area contributed by atoms with Gasteiger partial charge in [-0.05, 0) is 59.8 Å². The molecule has 5 rings (SSSR count). The minimum absolute atomic E-state index is 0.156. The first-order valence-corrected chi connectivity index (χ1v) is 14.5. The standard InChI is InChI=1S/C26H24ClN5OS3/c1-26(2,3)15-6-9-17-18(11-28)24(35-19(17)10-15)31-20(33)12-34-25-23-22(29-13-30-25)21(32-36-23)14-4-7-16(27)8-5-14/h4-5,7-8,13,15H,6,9-10,12H2,1-3H3,(H,31,33)/t15-/m0/s1. The zero-order valence-electron chi connectivity index (χ0n) is 20.1. The highest BCUT2D eigenvalue weighted by Gasteiger charge is 2.32. The Hall–Kier alpha value is -2.51. The molecule has 0 aliphatic heterocycles. The van der Waals surface area contributed by atoms with Crippen LogP contribution in [0.5, 0.6) is 0 Å². The molecule has 10 heteroatoms. The lowest BCUT2D eigenvalue weighted by Crippen LogP contribution is -2.26. The summed E-state index contributed by atoms with van der Waals surface area (Å²) in [4.78, 5) is 22.9. The van der Waals surface area contributed by atoms with Gasteiger partial charge in [0.25, 0.3) is 0 Å². The molecule has 36 heavy (non-hydrogen) atoms. The molecule has 1 amide bonds. The number of rotatable bonds is 5. The van der Waals surface area contributed by atoms with Crippen LogP contribution in [0.4, 0.5) is 5.00 Å². The maximum Gasteiger partial charge on any atom is 0.235 e. The number of carbonyl (C=O) groups is 1. The summed E-state index contributed by atoms with van der Waals surface area (Å²) in [6, 6.07) is 9.81. The molecule has 1 N–H and O–H groups in total. The predicted octanol–water partition coefficient (Wildman–Crippen LogP) is 7.22. The number of anilines is 1. The summed E-state index contributed by atoms with van der Waals surface area (Å²) in [5, 5.41) is 14.8. The molecule has 0 fully saturated rings. The number of fused-ring (bicyclic) bond motifs is 2. The molecule has 1 aromatic carbocycles. The average molecular weight is 554 g/mol. The van der Waals surface area contributed by atoms with Crippen LogP contribution in [0.3, 0.4) is 0 Å². The monoisotopic (exact) mass is 553 g/mol. The van der Waals surface area contributed by atoms with E-state index in [1.54, 1.807) is 11.3 Å². The number of nitrogens with one attached hydrogen (secondary N) is 1. The minimum Gasteiger partial charge on any atom is -0.316 e. The number of nitriles is 1. The Kier molecular flexibility index (Phi) is 7.05. The fourth-order valence-electron chi connectivity index (χ4n) is 4.47. The normalized spacial score (nSPS) is 15.5. The van der Waals surface area contributed by atoms with Crippen molar-refractivity contribution in [3.8, 4) is 17.3 Å². The topological polar surface area (TPSA) is 91.6 Å². The molecule has 6 nitrogen and oxygen atoms in total. The van der Waals surface area contributed by atoms with Gasteiger partial charge in [-0.2, -0.15) is 9.64 Å². The Balaban J connectivity index is 1.30. The number of hydrogen-bond acceptors (Lipinski definition) is 8. The lowest BCUT2D eigenvalue weighted by Gasteiger charge is -2.33. The molecule has 0 radical (unpaired) electrons. The van der Waals surface area contributed by atoms with E-state index in [2.05, 4.69) is 46.5 Å². The lowest BCUT2D eigenvalue weighted by atomic mass is 9.72. The summed E-state index contributed by atoms with van der Waals surface area (Å²) in [5.41, 5.74) is 4.42. The van der Waals surface area contributed by atoms with Gasteiger partial charge in [0.1, 0.15) is 38.3 Å². The van der Waals surface area contributed by atoms with Gasteiger partial charge >= 0.3 is 0 Å². The molecular weight excluding hydrogens is 530 g/mol. The van der Waals surface area contributed by atoms with Crippen LogP contribution in [0.15, 0.2) is 35.6 Å². The Morgan fingerprint density at radius 1 is 1.28 bits per heavy atom. The van der Waals surface area contributed by atoms with E-state index in [9.17, 15) is 10.1 Å². The van der Waals surface area contributed by atoms with Crippen molar-refractivity contribution in [1.29, 1.82) is 5.26 Å². The summed E-state index contributed by atoms with van der Waals surface area (Å²) in [6.07, 6.45) is 4.43. The first kappa shape index (κ1) is 25.2. The summed E-state index contributed by atoms with van der Waals surface area (Å²) < 4.78 is 5.43. The first-order chi connectivity index (χ1) is 17.2. The van der Waals surface area contributed by atoms with Gasteiger partial charge in [0.2, 0.25) is 5.91 Å². The van der Waals surface area contributed by atoms with Gasteiger partial charge in [-0.25, -0.2) is 9.97 Å². The second-order valence-electron chi connectivity index (χ2n) is 9.86. The van der Waals surface area contributed by atoms with Gasteiger partial charge in [0.05, 0.1) is 11.3 Å². The van der Waals surface area contributed by atoms with Crippen molar-refractivity contribution in [3.63, 3.8) is 0 Å². The molecule has 184 valence electrons. The maximum atomic E-state index is 12.9. The fourth-order valence-corrected chi connectivity index (χ4v) is 7.61. The lowest BCUT2D eigenvalue weighted by molar-refractivity contribution is -0.113. The molecule has 0 unspecified atom stereocenters. The molecule has 3 aromatic heterocycles. The van der Waals surface area contributed by atoms with Crippen molar-refractivity contribution in [1.82, 2.24) is 14.3 Å². The van der Waals surface area contributed by atoms with Crippen LogP contribution in [0.25, 0.3) is 21.5 Å². The molecule has 0 saturated carbocycles. The first-order valence-electron chi connectivity index (χ1n) is 11.6. The van der Waals surface area contributed by atoms with Gasteiger partial charge in [-0.1, -0.05) is 56.3 Å². The van der Waals surface area contributed by atoms with Gasteiger partial charge in [-0.3, -0.25) is 4.79 Å². The van der Waals surface area contributed by atoms with E-state index in [1.807, 2.05) is 24.3 Å². The van der Waals surface area contributed by atoms with Crippen molar-refractivity contribution in [2.45, 2.75) is 45.1 Å². The minimum atomic E-state index is -0.156. The highest BCUT2D eigenvalue weighted by Crippen LogP contribution is 2.44. The molecule has 4 aromatic rings. The number of halogens is 1. The van der Waals surface area contributed by atoms with Crippen molar-refractivity contribution in [2.75, 3.05) is 11.1 Å². The van der Waals surface area contributed by atoms with Crippen LogP contribution in [0.1, 0.15) is 43.2 Å². The third-order valence-corrected chi connectivity index (χ3v) is 9.92. The zero-order valence-corrected chi connectivity index (χ0v) is 23.3. The Labute approximate surface area is 227 Å². The molecule has 1 aliphatic rings. The SMILES string of the molecule is CC(C)(C)[C@H]1CCc2c(sc(NC(=O)CSc3ncnc4c(-c5ccc(Cl)cc5)nsc34)c2C#N)C1. The van der Waals surface area contributed by atoms with Crippen molar-refractivity contribution >= 4 is 67.4 Å². The molecule has 0 bridgehead atoms. The van der Waals surface area contributed by atoms with Gasteiger partial charge < -0.3 is 5.32 Å². The Morgan fingerprint density at radius 2 is 2.06 bits per heavy atom. The number of carbonyl (C=O) groups excluding carboxylic acids is 1. The number of benzene rings is 1. The van der Waals surface area contributed by atoms with Gasteiger partial charge in [0.15, 0.2) is 0 Å². The van der Waals surface area contributed by atoms with Crippen molar-refractivity contribution in [3.05, 3.63) is 51.6 Å². The van der Waals surface area contributed by atoms with Crippen LogP contribution in [-0.4, -0.2) is 26.0 Å². The van der Waals surface area contributed by atoms with Gasteiger partial charge in [0, 0.05) is 15.5 Å². The van der Waals surface area contributed by atoms with E-state index in [4.69, 9.17) is 11.6 Å². The largest absolute Gasteiger partial charge is 0.316 e. The number of aromatic nitrogens is 3. The second kappa shape index (κ2) is 10.1. The summed E-state index contributed by atoms with van der Waals surface area (Å²) in [6.45, 7) is 6.81. The van der Waals surface area contributed by atoms with E-state index < -0.39 is 0 Å². The van der Waals surface area contributed by atoms with E-state index in [-0.39, 0.29) is 17.1 Å². The zero-order chi connectivity index (χ0) is 25.4. The fraction of sp³-hybridized carbons (Fsp3) is 0.346. The highest BCUT2D eigenvalue weighted by atomic mass is 35.5. The number of thioether (sulfide) groups is 1. The molecule has 0 spiro atoms. The van der Waals surface area contributed by atoms with E-state index in [1.165, 1.54) is 34.5 Å². The Morgan fingerprint density at radius 3 is 2.78 bits per heavy atom. The van der Waals surface area contributed by atoms with Gasteiger partial charge in [-0.15, -0.1) is 11.3 Å². The summed E-state index contributed by atoms with van der Waals surface area (Å²) in [5.74, 6) is 0.599. The third kappa shape index (κ3) is 5.00. The van der Waals surface area contributed by atoms with E-state index >= 15 is 0 Å². The number of amides is 1. The Bertz CT molecular complexity index is 1480. The maximum absolute atomic E-state index is 12.9. The predicted molar refractivity (Wildman–Crippen MR) is 149 cm³/mol. The van der Waals surface area contributed by atoms with Crippen molar-refractivity contribution < 1.29 is 4.79 Å². The molecular formula is C26H24ClN5OS3. The number of nitrogens with zero attached hydrogens (tertiary/aromatic N) is 4. The highest BCUT2D eigenvalue weighted by molar-refractivity contribution is 8.00. The summed E-state index contributed by atoms with van der Waals surface area (Å²) in [7, 11) is 0. The third-order valence-electron chi connectivity index (χ3n) is 6.54. The number of thiophene rings is 1. The van der Waals surface area contributed by atoms with E-state index in [0.717, 1.165) is 46.3 Å². The molecule has 0 saturated heterocycles. The molecule has 3 heterocycles. The summed E-state index contributed by atoms with van der Waals surface area (Å²) >= 11 is 10.2. The van der Waals surface area contributed by atoms with Crippen LogP contribution < -0.4 is 5.32 Å². The van der Waals surface area contributed by atoms with Crippen LogP contribution >= 0.6 is 46.2 Å². The molecule has 1 aliphatic carbocycles. The van der Waals surface area contributed by atoms with Crippen LogP contribution in [0, 0.1) is 22.7 Å². The van der Waals surface area contributed by atoms with Crippen LogP contribution in [-0.2, 0) is 17.6 Å². The second-order valence-corrected chi connectivity index (χ2v) is 13.1.